The third kappa shape index (κ3) is 3.30. The van der Waals surface area contributed by atoms with Gasteiger partial charge in [0, 0.05) is 19.6 Å². The molecule has 1 aliphatic rings. The molecule has 1 aliphatic heterocycles. The number of thiazole rings is 1. The van der Waals surface area contributed by atoms with Crippen LogP contribution in [0.15, 0.2) is 12.1 Å². The van der Waals surface area contributed by atoms with E-state index in [0.29, 0.717) is 17.4 Å². The molecule has 0 spiro atoms. The number of amides is 1. The molecule has 4 N–H and O–H groups in total. The molecule has 0 unspecified atom stereocenters. The molecule has 4 rings (SSSR count). The number of morpholine rings is 1. The van der Waals surface area contributed by atoms with E-state index in [4.69, 9.17) is 10.5 Å². The number of aromatic nitrogens is 3. The fourth-order valence-corrected chi connectivity index (χ4v) is 3.97. The number of hydrogen-bond donors (Lipinski definition) is 3. The van der Waals surface area contributed by atoms with Crippen molar-refractivity contribution in [3.05, 3.63) is 17.8 Å². The largest absolute Gasteiger partial charge is 0.379 e. The second-order valence-corrected chi connectivity index (χ2v) is 7.05. The van der Waals surface area contributed by atoms with Crippen molar-refractivity contribution in [2.45, 2.75) is 6.42 Å². The van der Waals surface area contributed by atoms with Crippen molar-refractivity contribution in [2.75, 3.05) is 45.1 Å². The van der Waals surface area contributed by atoms with Crippen molar-refractivity contribution in [3.8, 4) is 0 Å². The Morgan fingerprint density at radius 1 is 1.40 bits per heavy atom. The first-order valence-electron chi connectivity index (χ1n) is 8.34. The first kappa shape index (κ1) is 16.2. The molecule has 1 saturated heterocycles. The number of rotatable bonds is 5. The number of nitrogen functional groups attached to an aromatic ring is 1. The maximum Gasteiger partial charge on any atom is 0.272 e. The van der Waals surface area contributed by atoms with Gasteiger partial charge in [0.25, 0.3) is 5.91 Å². The average Bonchev–Trinajstić information content (AvgIpc) is 3.21. The van der Waals surface area contributed by atoms with Crippen LogP contribution in [0, 0.1) is 0 Å². The number of anilines is 1. The zero-order chi connectivity index (χ0) is 17.2. The summed E-state index contributed by atoms with van der Waals surface area (Å²) in [5.41, 5.74) is 7.81. The van der Waals surface area contributed by atoms with Crippen LogP contribution in [-0.2, 0) is 4.74 Å². The zero-order valence-electron chi connectivity index (χ0n) is 13.7. The smallest absolute Gasteiger partial charge is 0.272 e. The number of hydrogen-bond acceptors (Lipinski definition) is 7. The summed E-state index contributed by atoms with van der Waals surface area (Å²) in [5.74, 6) is -0.173. The number of benzene rings is 1. The topological polar surface area (TPSA) is 109 Å². The van der Waals surface area contributed by atoms with Crippen LogP contribution in [0.4, 0.5) is 5.13 Å². The summed E-state index contributed by atoms with van der Waals surface area (Å²) in [4.78, 5) is 19.2. The van der Waals surface area contributed by atoms with E-state index in [-0.39, 0.29) is 5.91 Å². The Morgan fingerprint density at radius 2 is 2.24 bits per heavy atom. The number of nitrogens with zero attached hydrogens (tertiary/aromatic N) is 3. The average molecular weight is 360 g/mol. The second-order valence-electron chi connectivity index (χ2n) is 6.02. The van der Waals surface area contributed by atoms with Crippen LogP contribution in [0.25, 0.3) is 21.1 Å². The third-order valence-electron chi connectivity index (χ3n) is 4.35. The number of nitrogens with two attached hydrogens (primary N) is 1. The van der Waals surface area contributed by atoms with Crippen LogP contribution in [-0.4, -0.2) is 65.4 Å². The molecule has 25 heavy (non-hydrogen) atoms. The molecular weight excluding hydrogens is 340 g/mol. The van der Waals surface area contributed by atoms with Crippen LogP contribution >= 0.6 is 11.3 Å². The lowest BCUT2D eigenvalue weighted by Crippen LogP contribution is -2.38. The maximum absolute atomic E-state index is 12.5. The molecule has 0 aliphatic carbocycles. The SMILES string of the molecule is Nc1nc2ccc3[nH]nc(C(=O)NCCCN4CCOCC4)c3c2s1. The molecule has 3 heterocycles. The van der Waals surface area contributed by atoms with Crippen molar-refractivity contribution in [3.63, 3.8) is 0 Å². The van der Waals surface area contributed by atoms with E-state index < -0.39 is 0 Å². The van der Waals surface area contributed by atoms with Crippen molar-refractivity contribution >= 4 is 43.5 Å². The lowest BCUT2D eigenvalue weighted by molar-refractivity contribution is 0.0374. The van der Waals surface area contributed by atoms with Crippen LogP contribution < -0.4 is 11.1 Å². The molecule has 3 aromatic rings. The molecule has 1 amide bonds. The molecule has 8 nitrogen and oxygen atoms in total. The Hall–Kier alpha value is -2.23. The van der Waals surface area contributed by atoms with Crippen LogP contribution in [0.2, 0.25) is 0 Å². The van der Waals surface area contributed by atoms with Crippen molar-refractivity contribution in [2.24, 2.45) is 0 Å². The number of carbonyl (C=O) groups is 1. The number of carbonyl (C=O) groups excluding carboxylic acids is 1. The van der Waals surface area contributed by atoms with Gasteiger partial charge in [0.2, 0.25) is 0 Å². The van der Waals surface area contributed by atoms with Gasteiger partial charge in [-0.1, -0.05) is 11.3 Å². The standard InChI is InChI=1S/C16H20N6O2S/c17-16-19-11-3-2-10-12(14(11)25-16)13(21-20-10)15(23)18-4-1-5-22-6-8-24-9-7-22/h2-3H,1,4-9H2,(H2,17,19)(H,18,23)(H,20,21). The fourth-order valence-electron chi connectivity index (χ4n) is 3.09. The van der Waals surface area contributed by atoms with Gasteiger partial charge in [-0.05, 0) is 25.1 Å². The fraction of sp³-hybridized carbons (Fsp3) is 0.438. The van der Waals surface area contributed by atoms with Crippen LogP contribution in [0.5, 0.6) is 0 Å². The van der Waals surface area contributed by atoms with Crippen molar-refractivity contribution in [1.29, 1.82) is 0 Å². The van der Waals surface area contributed by atoms with E-state index in [9.17, 15) is 4.79 Å². The number of H-pyrrole nitrogens is 1. The number of fused-ring (bicyclic) bond motifs is 3. The van der Waals surface area contributed by atoms with Gasteiger partial charge in [0.15, 0.2) is 10.8 Å². The zero-order valence-corrected chi connectivity index (χ0v) is 14.6. The lowest BCUT2D eigenvalue weighted by Gasteiger charge is -2.26. The summed E-state index contributed by atoms with van der Waals surface area (Å²) in [7, 11) is 0. The van der Waals surface area contributed by atoms with Gasteiger partial charge >= 0.3 is 0 Å². The molecule has 0 bridgehead atoms. The summed E-state index contributed by atoms with van der Waals surface area (Å²) < 4.78 is 6.23. The first-order chi connectivity index (χ1) is 12.2. The highest BCUT2D eigenvalue weighted by atomic mass is 32.1. The van der Waals surface area contributed by atoms with E-state index in [1.165, 1.54) is 11.3 Å². The number of nitrogens with one attached hydrogen (secondary N) is 2. The highest BCUT2D eigenvalue weighted by Crippen LogP contribution is 2.32. The normalized spacial score (nSPS) is 15.8. The molecule has 0 radical (unpaired) electrons. The third-order valence-corrected chi connectivity index (χ3v) is 5.27. The van der Waals surface area contributed by atoms with Gasteiger partial charge in [0.1, 0.15) is 0 Å². The molecule has 0 atom stereocenters. The van der Waals surface area contributed by atoms with E-state index in [1.54, 1.807) is 0 Å². The number of ether oxygens (including phenoxy) is 1. The van der Waals surface area contributed by atoms with Gasteiger partial charge in [-0.25, -0.2) is 4.98 Å². The molecular formula is C16H20N6O2S. The van der Waals surface area contributed by atoms with Crippen LogP contribution in [0.3, 0.4) is 0 Å². The Morgan fingerprint density at radius 3 is 3.08 bits per heavy atom. The second kappa shape index (κ2) is 6.95. The van der Waals surface area contributed by atoms with Gasteiger partial charge in [0.05, 0.1) is 34.3 Å². The summed E-state index contributed by atoms with van der Waals surface area (Å²) in [6.45, 7) is 5.08. The van der Waals surface area contributed by atoms with Gasteiger partial charge < -0.3 is 15.8 Å². The first-order valence-corrected chi connectivity index (χ1v) is 9.15. The predicted octanol–water partition coefficient (Wildman–Crippen LogP) is 1.21. The molecule has 9 heteroatoms. The molecule has 2 aromatic heterocycles. The van der Waals surface area contributed by atoms with Gasteiger partial charge in [-0.2, -0.15) is 5.10 Å². The molecule has 132 valence electrons. The van der Waals surface area contributed by atoms with E-state index in [1.807, 2.05) is 12.1 Å². The summed E-state index contributed by atoms with van der Waals surface area (Å²) in [6.07, 6.45) is 0.900. The highest BCUT2D eigenvalue weighted by molar-refractivity contribution is 7.23. The van der Waals surface area contributed by atoms with E-state index >= 15 is 0 Å². The Kier molecular flexibility index (Phi) is 4.51. The quantitative estimate of drug-likeness (QED) is 0.590. The van der Waals surface area contributed by atoms with E-state index in [0.717, 1.165) is 60.4 Å². The summed E-state index contributed by atoms with van der Waals surface area (Å²) in [6, 6.07) is 3.76. The maximum atomic E-state index is 12.5. The summed E-state index contributed by atoms with van der Waals surface area (Å²) in [5, 5.41) is 11.4. The monoisotopic (exact) mass is 360 g/mol. The Labute approximate surface area is 148 Å². The van der Waals surface area contributed by atoms with Crippen molar-refractivity contribution < 1.29 is 9.53 Å². The molecule has 1 fully saturated rings. The lowest BCUT2D eigenvalue weighted by atomic mass is 10.2. The summed E-state index contributed by atoms with van der Waals surface area (Å²) >= 11 is 1.37. The highest BCUT2D eigenvalue weighted by Gasteiger charge is 2.18. The Bertz CT molecular complexity index is 899. The van der Waals surface area contributed by atoms with Gasteiger partial charge in [-0.3, -0.25) is 14.8 Å². The molecule has 0 saturated carbocycles. The van der Waals surface area contributed by atoms with Crippen LogP contribution in [0.1, 0.15) is 16.9 Å². The minimum absolute atomic E-state index is 0.173. The predicted molar refractivity (Wildman–Crippen MR) is 97.9 cm³/mol. The molecule has 1 aromatic carbocycles. The Balaban J connectivity index is 1.44. The minimum Gasteiger partial charge on any atom is -0.379 e. The van der Waals surface area contributed by atoms with Gasteiger partial charge in [-0.15, -0.1) is 0 Å². The number of aromatic amines is 1. The van der Waals surface area contributed by atoms with Crippen molar-refractivity contribution in [1.82, 2.24) is 25.4 Å². The minimum atomic E-state index is -0.173. The van der Waals surface area contributed by atoms with E-state index in [2.05, 4.69) is 25.4 Å².